The highest BCUT2D eigenvalue weighted by Gasteiger charge is 2.35. The number of carbonyl (C=O) groups excluding carboxylic acids is 2. The van der Waals surface area contributed by atoms with Gasteiger partial charge in [-0.25, -0.2) is 0 Å². The number of methoxy groups -OCH3 is 1. The highest BCUT2D eigenvalue weighted by Crippen LogP contribution is 2.32. The van der Waals surface area contributed by atoms with Gasteiger partial charge in [0.05, 0.1) is 18.1 Å². The molecule has 1 aliphatic rings. The van der Waals surface area contributed by atoms with Crippen LogP contribution in [0.1, 0.15) is 12.0 Å². The lowest BCUT2D eigenvalue weighted by molar-refractivity contribution is -0.126. The van der Waals surface area contributed by atoms with Crippen LogP contribution in [0, 0.1) is 5.92 Å². The number of pyridine rings is 1. The Morgan fingerprint density at radius 3 is 2.80 bits per heavy atom. The van der Waals surface area contributed by atoms with Crippen LogP contribution in [0.4, 0.5) is 5.69 Å². The molecule has 0 saturated carbocycles. The Hall–Kier alpha value is -2.60. The molecule has 1 atom stereocenters. The second-order valence-electron chi connectivity index (χ2n) is 5.80. The number of amides is 2. The second-order valence-corrected chi connectivity index (χ2v) is 6.20. The van der Waals surface area contributed by atoms with Crippen molar-refractivity contribution < 1.29 is 14.3 Å². The van der Waals surface area contributed by atoms with Gasteiger partial charge in [-0.05, 0) is 35.9 Å². The molecular formula is C18H18ClN3O3. The second kappa shape index (κ2) is 7.53. The molecule has 0 bridgehead atoms. The van der Waals surface area contributed by atoms with E-state index >= 15 is 0 Å². The third-order valence-corrected chi connectivity index (χ3v) is 4.45. The molecule has 6 nitrogen and oxygen atoms in total. The van der Waals surface area contributed by atoms with Gasteiger partial charge in [-0.1, -0.05) is 11.6 Å². The van der Waals surface area contributed by atoms with Crippen LogP contribution < -0.4 is 15.0 Å². The Bertz CT molecular complexity index is 782. The molecule has 1 saturated heterocycles. The van der Waals surface area contributed by atoms with Crippen molar-refractivity contribution in [2.75, 3.05) is 18.6 Å². The van der Waals surface area contributed by atoms with Crippen molar-refractivity contribution in [1.82, 2.24) is 10.3 Å². The van der Waals surface area contributed by atoms with Crippen molar-refractivity contribution in [2.24, 2.45) is 5.92 Å². The molecule has 1 unspecified atom stereocenters. The molecule has 2 aromatic rings. The van der Waals surface area contributed by atoms with E-state index in [2.05, 4.69) is 10.3 Å². The maximum atomic E-state index is 12.4. The van der Waals surface area contributed by atoms with E-state index in [0.717, 1.165) is 5.56 Å². The maximum Gasteiger partial charge on any atom is 0.227 e. The summed E-state index contributed by atoms with van der Waals surface area (Å²) < 4.78 is 5.12. The summed E-state index contributed by atoms with van der Waals surface area (Å²) in [5.41, 5.74) is 1.63. The first-order valence-corrected chi connectivity index (χ1v) is 8.27. The third-order valence-electron chi connectivity index (χ3n) is 4.16. The van der Waals surface area contributed by atoms with Gasteiger partial charge in [-0.2, -0.15) is 0 Å². The van der Waals surface area contributed by atoms with Crippen molar-refractivity contribution in [3.8, 4) is 5.75 Å². The molecule has 1 aromatic heterocycles. The molecule has 2 heterocycles. The summed E-state index contributed by atoms with van der Waals surface area (Å²) in [5.74, 6) is -0.0588. The fourth-order valence-electron chi connectivity index (χ4n) is 2.79. The summed E-state index contributed by atoms with van der Waals surface area (Å²) in [5, 5.41) is 3.30. The molecule has 3 rings (SSSR count). The number of aromatic nitrogens is 1. The lowest BCUT2D eigenvalue weighted by Gasteiger charge is -2.18. The van der Waals surface area contributed by atoms with Crippen molar-refractivity contribution in [2.45, 2.75) is 13.0 Å². The van der Waals surface area contributed by atoms with Crippen LogP contribution in [-0.4, -0.2) is 30.5 Å². The predicted molar refractivity (Wildman–Crippen MR) is 94.5 cm³/mol. The zero-order valence-corrected chi connectivity index (χ0v) is 14.5. The van der Waals surface area contributed by atoms with Crippen molar-refractivity contribution in [3.63, 3.8) is 0 Å². The monoisotopic (exact) mass is 359 g/mol. The lowest BCUT2D eigenvalue weighted by atomic mass is 10.1. The van der Waals surface area contributed by atoms with Crippen LogP contribution in [0.15, 0.2) is 42.7 Å². The molecule has 1 aliphatic heterocycles. The summed E-state index contributed by atoms with van der Waals surface area (Å²) in [6, 6.07) is 8.83. The van der Waals surface area contributed by atoms with Gasteiger partial charge in [-0.15, -0.1) is 0 Å². The Morgan fingerprint density at radius 1 is 1.36 bits per heavy atom. The number of nitrogens with one attached hydrogen (secondary N) is 1. The topological polar surface area (TPSA) is 71.5 Å². The van der Waals surface area contributed by atoms with E-state index in [9.17, 15) is 9.59 Å². The minimum absolute atomic E-state index is 0.0923. The van der Waals surface area contributed by atoms with Gasteiger partial charge < -0.3 is 15.0 Å². The van der Waals surface area contributed by atoms with Gasteiger partial charge in [0.2, 0.25) is 11.8 Å². The molecule has 7 heteroatoms. The average molecular weight is 360 g/mol. The van der Waals surface area contributed by atoms with E-state index in [4.69, 9.17) is 16.3 Å². The largest absolute Gasteiger partial charge is 0.495 e. The van der Waals surface area contributed by atoms with Gasteiger partial charge in [0.25, 0.3) is 0 Å². The van der Waals surface area contributed by atoms with Gasteiger partial charge >= 0.3 is 0 Å². The Morgan fingerprint density at radius 2 is 2.12 bits per heavy atom. The van der Waals surface area contributed by atoms with Crippen LogP contribution in [0.2, 0.25) is 5.02 Å². The summed E-state index contributed by atoms with van der Waals surface area (Å²) in [6.45, 7) is 0.754. The van der Waals surface area contributed by atoms with Crippen LogP contribution >= 0.6 is 11.6 Å². The molecule has 130 valence electrons. The third kappa shape index (κ3) is 3.91. The molecule has 0 spiro atoms. The van der Waals surface area contributed by atoms with Crippen molar-refractivity contribution in [1.29, 1.82) is 0 Å². The Labute approximate surface area is 150 Å². The molecule has 0 radical (unpaired) electrons. The normalized spacial score (nSPS) is 16.8. The molecule has 25 heavy (non-hydrogen) atoms. The summed E-state index contributed by atoms with van der Waals surface area (Å²) >= 11 is 6.12. The molecule has 2 amide bonds. The number of benzene rings is 1. The van der Waals surface area contributed by atoms with Crippen molar-refractivity contribution >= 4 is 29.1 Å². The highest BCUT2D eigenvalue weighted by atomic mass is 35.5. The van der Waals surface area contributed by atoms with E-state index in [-0.39, 0.29) is 24.2 Å². The number of carbonyl (C=O) groups is 2. The average Bonchev–Trinajstić information content (AvgIpc) is 3.02. The fraction of sp³-hybridized carbons (Fsp3) is 0.278. The number of nitrogens with zero attached hydrogens (tertiary/aromatic N) is 2. The maximum absolute atomic E-state index is 12.4. The van der Waals surface area contributed by atoms with Gasteiger partial charge in [0.1, 0.15) is 5.75 Å². The smallest absolute Gasteiger partial charge is 0.227 e. The van der Waals surface area contributed by atoms with Gasteiger partial charge in [-0.3, -0.25) is 14.6 Å². The number of anilines is 1. The van der Waals surface area contributed by atoms with Crippen LogP contribution in [-0.2, 0) is 16.1 Å². The highest BCUT2D eigenvalue weighted by molar-refractivity contribution is 6.32. The van der Waals surface area contributed by atoms with E-state index in [1.54, 1.807) is 35.5 Å². The zero-order valence-electron chi connectivity index (χ0n) is 13.7. The fourth-order valence-corrected chi connectivity index (χ4v) is 3.04. The summed E-state index contributed by atoms with van der Waals surface area (Å²) in [6.07, 6.45) is 3.54. The van der Waals surface area contributed by atoms with Crippen LogP contribution in [0.5, 0.6) is 5.75 Å². The summed E-state index contributed by atoms with van der Waals surface area (Å²) in [4.78, 5) is 30.2. The lowest BCUT2D eigenvalue weighted by Crippen LogP contribution is -2.32. The first-order chi connectivity index (χ1) is 12.1. The SMILES string of the molecule is COc1ccc(N2CC(C(=O)NCc3ccncc3)CC2=O)cc1Cl. The predicted octanol–water partition coefficient (Wildman–Crippen LogP) is 2.41. The standard InChI is InChI=1S/C18H18ClN3O3/c1-25-16-3-2-14(9-15(16)19)22-11-13(8-17(22)23)18(24)21-10-12-4-6-20-7-5-12/h2-7,9,13H,8,10-11H2,1H3,(H,21,24). The number of ether oxygens (including phenoxy) is 1. The summed E-state index contributed by atoms with van der Waals surface area (Å²) in [7, 11) is 1.53. The number of hydrogen-bond acceptors (Lipinski definition) is 4. The first kappa shape index (κ1) is 17.2. The van der Waals surface area contributed by atoms with Gasteiger partial charge in [0.15, 0.2) is 0 Å². The van der Waals surface area contributed by atoms with E-state index in [0.29, 0.717) is 29.5 Å². The first-order valence-electron chi connectivity index (χ1n) is 7.89. The number of halogens is 1. The molecule has 1 aromatic carbocycles. The Balaban J connectivity index is 1.63. The van der Waals surface area contributed by atoms with Crippen LogP contribution in [0.25, 0.3) is 0 Å². The molecule has 1 fully saturated rings. The Kier molecular flexibility index (Phi) is 5.19. The molecule has 0 aliphatic carbocycles. The minimum atomic E-state index is -0.379. The van der Waals surface area contributed by atoms with E-state index in [1.807, 2.05) is 12.1 Å². The van der Waals surface area contributed by atoms with E-state index in [1.165, 1.54) is 7.11 Å². The van der Waals surface area contributed by atoms with Gasteiger partial charge in [0, 0.05) is 37.6 Å². The molecule has 1 N–H and O–H groups in total. The van der Waals surface area contributed by atoms with Crippen molar-refractivity contribution in [3.05, 3.63) is 53.3 Å². The van der Waals surface area contributed by atoms with Crippen LogP contribution in [0.3, 0.4) is 0 Å². The minimum Gasteiger partial charge on any atom is -0.495 e. The number of rotatable bonds is 5. The molecular weight excluding hydrogens is 342 g/mol. The van der Waals surface area contributed by atoms with E-state index < -0.39 is 0 Å². The zero-order chi connectivity index (χ0) is 17.8. The number of hydrogen-bond donors (Lipinski definition) is 1. The quantitative estimate of drug-likeness (QED) is 0.889.